The van der Waals surface area contributed by atoms with E-state index in [0.29, 0.717) is 6.42 Å². The van der Waals surface area contributed by atoms with E-state index in [9.17, 15) is 0 Å². The molecule has 1 heterocycles. The summed E-state index contributed by atoms with van der Waals surface area (Å²) in [6.45, 7) is 0.118. The van der Waals surface area contributed by atoms with Gasteiger partial charge in [0.05, 0.1) is 10.4 Å². The van der Waals surface area contributed by atoms with Gasteiger partial charge in [0.1, 0.15) is 0 Å². The lowest BCUT2D eigenvalue weighted by atomic mass is 10.1. The second-order valence-corrected chi connectivity index (χ2v) is 3.63. The number of aromatic nitrogens is 1. The van der Waals surface area contributed by atoms with Crippen LogP contribution >= 0.6 is 11.5 Å². The Morgan fingerprint density at radius 2 is 2.31 bits per heavy atom. The highest BCUT2D eigenvalue weighted by Gasteiger charge is 2.07. The maximum atomic E-state index is 8.81. The van der Waals surface area contributed by atoms with Crippen molar-refractivity contribution < 1.29 is 5.11 Å². The Kier molecular flexibility index (Phi) is 2.16. The second kappa shape index (κ2) is 3.32. The Balaban J connectivity index is 2.64. The lowest BCUT2D eigenvalue weighted by Crippen LogP contribution is -1.93. The molecule has 0 bridgehead atoms. The van der Waals surface area contributed by atoms with Gasteiger partial charge in [0, 0.05) is 24.1 Å². The minimum atomic E-state index is 0.118. The number of hydrogen-bond donors (Lipinski definition) is 2. The SMILES string of the molecule is Nc1cccc2snc(CCO)c12. The molecular weight excluding hydrogens is 184 g/mol. The Bertz CT molecular complexity index is 424. The Morgan fingerprint density at radius 1 is 1.46 bits per heavy atom. The molecule has 1 aromatic carbocycles. The van der Waals surface area contributed by atoms with Gasteiger partial charge in [-0.25, -0.2) is 0 Å². The summed E-state index contributed by atoms with van der Waals surface area (Å²) in [4.78, 5) is 0. The lowest BCUT2D eigenvalue weighted by molar-refractivity contribution is 0.299. The Hall–Kier alpha value is -1.13. The quantitative estimate of drug-likeness (QED) is 0.711. The van der Waals surface area contributed by atoms with Gasteiger partial charge in [-0.05, 0) is 23.7 Å². The van der Waals surface area contributed by atoms with Gasteiger partial charge in [-0.3, -0.25) is 0 Å². The van der Waals surface area contributed by atoms with E-state index in [2.05, 4.69) is 4.37 Å². The molecule has 0 atom stereocenters. The molecule has 0 radical (unpaired) electrons. The summed E-state index contributed by atoms with van der Waals surface area (Å²) in [7, 11) is 0. The van der Waals surface area contributed by atoms with Crippen LogP contribution in [-0.4, -0.2) is 16.1 Å². The monoisotopic (exact) mass is 194 g/mol. The zero-order valence-corrected chi connectivity index (χ0v) is 7.84. The zero-order chi connectivity index (χ0) is 9.26. The molecule has 0 amide bonds. The average Bonchev–Trinajstić information content (AvgIpc) is 2.51. The van der Waals surface area contributed by atoms with Gasteiger partial charge in [0.15, 0.2) is 0 Å². The number of fused-ring (bicyclic) bond motifs is 1. The van der Waals surface area contributed by atoms with Gasteiger partial charge in [0.25, 0.3) is 0 Å². The minimum absolute atomic E-state index is 0.118. The molecule has 1 aromatic heterocycles. The summed E-state index contributed by atoms with van der Waals surface area (Å²) >= 11 is 1.43. The van der Waals surface area contributed by atoms with Crippen LogP contribution in [0.3, 0.4) is 0 Å². The normalized spacial score (nSPS) is 10.8. The second-order valence-electron chi connectivity index (χ2n) is 2.82. The molecule has 0 spiro atoms. The molecule has 0 aliphatic rings. The van der Waals surface area contributed by atoms with Crippen molar-refractivity contribution in [2.45, 2.75) is 6.42 Å². The number of anilines is 1. The van der Waals surface area contributed by atoms with Crippen molar-refractivity contribution in [1.29, 1.82) is 0 Å². The predicted octanol–water partition coefficient (Wildman–Crippen LogP) is 1.41. The smallest absolute Gasteiger partial charge is 0.0664 e. The van der Waals surface area contributed by atoms with Crippen molar-refractivity contribution in [2.24, 2.45) is 0 Å². The van der Waals surface area contributed by atoms with Crippen molar-refractivity contribution in [1.82, 2.24) is 4.37 Å². The molecule has 2 rings (SSSR count). The Morgan fingerprint density at radius 3 is 3.08 bits per heavy atom. The molecule has 0 saturated heterocycles. The van der Waals surface area contributed by atoms with E-state index < -0.39 is 0 Å². The van der Waals surface area contributed by atoms with Crippen molar-refractivity contribution in [3.05, 3.63) is 23.9 Å². The fraction of sp³-hybridized carbons (Fsp3) is 0.222. The van der Waals surface area contributed by atoms with Crippen LogP contribution < -0.4 is 5.73 Å². The topological polar surface area (TPSA) is 59.1 Å². The summed E-state index contributed by atoms with van der Waals surface area (Å²) in [6, 6.07) is 5.76. The number of benzene rings is 1. The van der Waals surface area contributed by atoms with Crippen LogP contribution in [-0.2, 0) is 6.42 Å². The van der Waals surface area contributed by atoms with E-state index in [1.807, 2.05) is 18.2 Å². The average molecular weight is 194 g/mol. The number of nitrogens with two attached hydrogens (primary N) is 1. The van der Waals surface area contributed by atoms with Crippen molar-refractivity contribution in [2.75, 3.05) is 12.3 Å². The molecular formula is C9H10N2OS. The highest BCUT2D eigenvalue weighted by Crippen LogP contribution is 2.27. The number of nitrogen functional groups attached to an aromatic ring is 1. The molecule has 0 aliphatic heterocycles. The predicted molar refractivity (Wildman–Crippen MR) is 54.8 cm³/mol. The highest BCUT2D eigenvalue weighted by molar-refractivity contribution is 7.13. The zero-order valence-electron chi connectivity index (χ0n) is 7.03. The highest BCUT2D eigenvalue weighted by atomic mass is 32.1. The van der Waals surface area contributed by atoms with Crippen LogP contribution in [0.2, 0.25) is 0 Å². The third-order valence-electron chi connectivity index (χ3n) is 1.95. The molecule has 68 valence electrons. The number of rotatable bonds is 2. The maximum Gasteiger partial charge on any atom is 0.0664 e. The summed E-state index contributed by atoms with van der Waals surface area (Å²) in [6.07, 6.45) is 0.578. The molecule has 0 aliphatic carbocycles. The van der Waals surface area contributed by atoms with Gasteiger partial charge < -0.3 is 10.8 Å². The van der Waals surface area contributed by atoms with Crippen LogP contribution in [0.4, 0.5) is 5.69 Å². The van der Waals surface area contributed by atoms with Crippen LogP contribution in [0, 0.1) is 0 Å². The third kappa shape index (κ3) is 1.38. The van der Waals surface area contributed by atoms with E-state index in [0.717, 1.165) is 21.5 Å². The first-order valence-electron chi connectivity index (χ1n) is 4.06. The van der Waals surface area contributed by atoms with Gasteiger partial charge >= 0.3 is 0 Å². The first kappa shape index (κ1) is 8.47. The Labute approximate surface area is 80.0 Å². The fourth-order valence-corrected chi connectivity index (χ4v) is 2.22. The molecule has 0 fully saturated rings. The lowest BCUT2D eigenvalue weighted by Gasteiger charge is -1.97. The summed E-state index contributed by atoms with van der Waals surface area (Å²) in [5.74, 6) is 0. The number of aliphatic hydroxyl groups is 1. The van der Waals surface area contributed by atoms with Crippen LogP contribution in [0.5, 0.6) is 0 Å². The number of aliphatic hydroxyl groups excluding tert-OH is 1. The molecule has 0 unspecified atom stereocenters. The van der Waals surface area contributed by atoms with E-state index >= 15 is 0 Å². The maximum absolute atomic E-state index is 8.81. The van der Waals surface area contributed by atoms with Gasteiger partial charge in [-0.2, -0.15) is 4.37 Å². The van der Waals surface area contributed by atoms with Crippen LogP contribution in [0.15, 0.2) is 18.2 Å². The summed E-state index contributed by atoms with van der Waals surface area (Å²) in [5, 5.41) is 9.81. The van der Waals surface area contributed by atoms with E-state index in [-0.39, 0.29) is 6.61 Å². The van der Waals surface area contributed by atoms with E-state index in [1.54, 1.807) is 0 Å². The van der Waals surface area contributed by atoms with E-state index in [1.165, 1.54) is 11.5 Å². The van der Waals surface area contributed by atoms with Crippen LogP contribution in [0.1, 0.15) is 5.69 Å². The fourth-order valence-electron chi connectivity index (χ4n) is 1.36. The first-order chi connectivity index (χ1) is 6.33. The van der Waals surface area contributed by atoms with Crippen molar-refractivity contribution in [3.8, 4) is 0 Å². The van der Waals surface area contributed by atoms with Gasteiger partial charge in [-0.1, -0.05) is 6.07 Å². The molecule has 0 saturated carbocycles. The van der Waals surface area contributed by atoms with Crippen molar-refractivity contribution in [3.63, 3.8) is 0 Å². The molecule has 3 nitrogen and oxygen atoms in total. The number of hydrogen-bond acceptors (Lipinski definition) is 4. The molecule has 3 N–H and O–H groups in total. The first-order valence-corrected chi connectivity index (χ1v) is 4.84. The van der Waals surface area contributed by atoms with Gasteiger partial charge in [-0.15, -0.1) is 0 Å². The number of nitrogens with zero attached hydrogens (tertiary/aromatic N) is 1. The summed E-state index contributed by atoms with van der Waals surface area (Å²) in [5.41, 5.74) is 7.47. The summed E-state index contributed by atoms with van der Waals surface area (Å²) < 4.78 is 5.33. The van der Waals surface area contributed by atoms with Crippen molar-refractivity contribution >= 4 is 27.3 Å². The van der Waals surface area contributed by atoms with E-state index in [4.69, 9.17) is 10.8 Å². The minimum Gasteiger partial charge on any atom is -0.398 e. The molecule has 4 heteroatoms. The van der Waals surface area contributed by atoms with Gasteiger partial charge in [0.2, 0.25) is 0 Å². The molecule has 2 aromatic rings. The largest absolute Gasteiger partial charge is 0.398 e. The third-order valence-corrected chi connectivity index (χ3v) is 2.80. The van der Waals surface area contributed by atoms with Crippen LogP contribution in [0.25, 0.3) is 10.1 Å². The standard InChI is InChI=1S/C9H10N2OS/c10-6-2-1-3-8-9(6)7(4-5-12)11-13-8/h1-3,12H,4-5,10H2. The molecule has 13 heavy (non-hydrogen) atoms.